The van der Waals surface area contributed by atoms with Crippen LogP contribution in [-0.2, 0) is 0 Å². The van der Waals surface area contributed by atoms with E-state index in [2.05, 4.69) is 27.1 Å². The maximum atomic E-state index is 5.96. The van der Waals surface area contributed by atoms with E-state index in [0.29, 0.717) is 10.2 Å². The van der Waals surface area contributed by atoms with E-state index in [1.165, 1.54) is 17.1 Å². The zero-order valence-electron chi connectivity index (χ0n) is 8.72. The molecule has 2 aromatic heterocycles. The van der Waals surface area contributed by atoms with Crippen LogP contribution in [0.25, 0.3) is 10.9 Å². The zero-order valence-corrected chi connectivity index (χ0v) is 10.3. The van der Waals surface area contributed by atoms with Crippen LogP contribution in [0.5, 0.6) is 0 Å². The number of halogens is 1. The van der Waals surface area contributed by atoms with Gasteiger partial charge in [-0.2, -0.15) is 0 Å². The second kappa shape index (κ2) is 4.39. The molecule has 0 saturated heterocycles. The second-order valence-electron chi connectivity index (χ2n) is 3.48. The highest BCUT2D eigenvalue weighted by Crippen LogP contribution is 2.31. The summed E-state index contributed by atoms with van der Waals surface area (Å²) in [4.78, 5) is 11.5. The van der Waals surface area contributed by atoms with Gasteiger partial charge in [-0.3, -0.25) is 0 Å². The van der Waals surface area contributed by atoms with Gasteiger partial charge in [-0.1, -0.05) is 29.8 Å². The van der Waals surface area contributed by atoms with Crippen LogP contribution in [0.4, 0.5) is 0 Å². The predicted molar refractivity (Wildman–Crippen MR) is 69.5 cm³/mol. The van der Waals surface area contributed by atoms with Crippen molar-refractivity contribution in [1.29, 1.82) is 0 Å². The molecule has 0 amide bonds. The van der Waals surface area contributed by atoms with Crippen molar-refractivity contribution in [2.45, 2.75) is 10.1 Å². The molecule has 0 atom stereocenters. The molecule has 0 unspecified atom stereocenters. The number of aromatic nitrogens is 3. The summed E-state index contributed by atoms with van der Waals surface area (Å²) < 4.78 is 0. The Hall–Kier alpha value is -1.52. The van der Waals surface area contributed by atoms with E-state index in [1.54, 1.807) is 12.4 Å². The van der Waals surface area contributed by atoms with Crippen molar-refractivity contribution in [2.24, 2.45) is 0 Å². The number of fused-ring (bicyclic) bond motifs is 1. The molecular formula is C12H8ClN3S. The van der Waals surface area contributed by atoms with Crippen molar-refractivity contribution in [1.82, 2.24) is 15.0 Å². The van der Waals surface area contributed by atoms with Crippen LogP contribution in [0.3, 0.4) is 0 Å². The summed E-state index contributed by atoms with van der Waals surface area (Å²) >= 11 is 7.44. The van der Waals surface area contributed by atoms with E-state index >= 15 is 0 Å². The molecule has 3 aromatic rings. The van der Waals surface area contributed by atoms with E-state index in [4.69, 9.17) is 11.6 Å². The standard InChI is InChI=1S/C12H8ClN3S/c13-11-12(15-6-5-14-11)17-10-7-8-3-1-2-4-9(8)16-10/h1-7,16H. The summed E-state index contributed by atoms with van der Waals surface area (Å²) in [6, 6.07) is 10.2. The third kappa shape index (κ3) is 2.14. The lowest BCUT2D eigenvalue weighted by Gasteiger charge is -1.98. The summed E-state index contributed by atoms with van der Waals surface area (Å²) in [5, 5.41) is 3.32. The lowest BCUT2D eigenvalue weighted by atomic mass is 10.3. The fourth-order valence-electron chi connectivity index (χ4n) is 1.58. The first kappa shape index (κ1) is 10.6. The average molecular weight is 262 g/mol. The molecule has 0 radical (unpaired) electrons. The number of nitrogens with zero attached hydrogens (tertiary/aromatic N) is 2. The first-order valence-corrected chi connectivity index (χ1v) is 6.24. The van der Waals surface area contributed by atoms with Gasteiger partial charge in [-0.25, -0.2) is 9.97 Å². The second-order valence-corrected chi connectivity index (χ2v) is 4.86. The third-order valence-electron chi connectivity index (χ3n) is 2.33. The molecule has 3 nitrogen and oxygen atoms in total. The van der Waals surface area contributed by atoms with E-state index in [0.717, 1.165) is 10.5 Å². The predicted octanol–water partition coefficient (Wildman–Crippen LogP) is 3.76. The van der Waals surface area contributed by atoms with Crippen molar-refractivity contribution >= 4 is 34.3 Å². The molecule has 2 heterocycles. The number of benzene rings is 1. The summed E-state index contributed by atoms with van der Waals surface area (Å²) in [6.45, 7) is 0. The largest absolute Gasteiger partial charge is 0.349 e. The van der Waals surface area contributed by atoms with Crippen molar-refractivity contribution < 1.29 is 0 Å². The maximum absolute atomic E-state index is 5.96. The Kier molecular flexibility index (Phi) is 2.74. The SMILES string of the molecule is Clc1nccnc1Sc1cc2ccccc2[nH]1. The number of para-hydroxylation sites is 1. The Labute approximate surface area is 107 Å². The summed E-state index contributed by atoms with van der Waals surface area (Å²) in [5.41, 5.74) is 1.11. The normalized spacial score (nSPS) is 10.9. The Morgan fingerprint density at radius 2 is 1.94 bits per heavy atom. The van der Waals surface area contributed by atoms with Gasteiger partial charge in [0.15, 0.2) is 5.15 Å². The molecule has 0 fully saturated rings. The fraction of sp³-hybridized carbons (Fsp3) is 0. The number of hydrogen-bond donors (Lipinski definition) is 1. The Bertz CT molecular complexity index is 632. The van der Waals surface area contributed by atoms with Crippen LogP contribution in [0.15, 0.2) is 52.8 Å². The van der Waals surface area contributed by atoms with Crippen LogP contribution in [0.2, 0.25) is 5.15 Å². The van der Waals surface area contributed by atoms with Gasteiger partial charge < -0.3 is 4.98 Å². The molecule has 0 spiro atoms. The van der Waals surface area contributed by atoms with Crippen LogP contribution in [0, 0.1) is 0 Å². The van der Waals surface area contributed by atoms with Crippen molar-refractivity contribution in [3.8, 4) is 0 Å². The first-order valence-electron chi connectivity index (χ1n) is 5.05. The van der Waals surface area contributed by atoms with E-state index < -0.39 is 0 Å². The van der Waals surface area contributed by atoms with Gasteiger partial charge in [-0.05, 0) is 23.9 Å². The minimum absolute atomic E-state index is 0.427. The maximum Gasteiger partial charge on any atom is 0.161 e. The zero-order chi connectivity index (χ0) is 11.7. The summed E-state index contributed by atoms with van der Waals surface area (Å²) in [6.07, 6.45) is 3.22. The van der Waals surface area contributed by atoms with Gasteiger partial charge in [0, 0.05) is 23.3 Å². The Morgan fingerprint density at radius 1 is 1.12 bits per heavy atom. The Morgan fingerprint density at radius 3 is 2.76 bits per heavy atom. The molecule has 0 bridgehead atoms. The van der Waals surface area contributed by atoms with Crippen LogP contribution < -0.4 is 0 Å². The van der Waals surface area contributed by atoms with E-state index in [9.17, 15) is 0 Å². The quantitative estimate of drug-likeness (QED) is 0.764. The Balaban J connectivity index is 1.98. The van der Waals surface area contributed by atoms with E-state index in [-0.39, 0.29) is 0 Å². The summed E-state index contributed by atoms with van der Waals surface area (Å²) in [5.74, 6) is 0. The highest BCUT2D eigenvalue weighted by atomic mass is 35.5. The molecule has 1 aromatic carbocycles. The topological polar surface area (TPSA) is 41.6 Å². The molecule has 0 aliphatic rings. The molecule has 17 heavy (non-hydrogen) atoms. The molecule has 84 valence electrons. The molecular weight excluding hydrogens is 254 g/mol. The van der Waals surface area contributed by atoms with Crippen molar-refractivity contribution in [2.75, 3.05) is 0 Å². The van der Waals surface area contributed by atoms with Crippen molar-refractivity contribution in [3.05, 3.63) is 47.9 Å². The van der Waals surface area contributed by atoms with Gasteiger partial charge in [0.2, 0.25) is 0 Å². The lowest BCUT2D eigenvalue weighted by Crippen LogP contribution is -1.83. The highest BCUT2D eigenvalue weighted by molar-refractivity contribution is 7.99. The number of hydrogen-bond acceptors (Lipinski definition) is 3. The number of nitrogens with one attached hydrogen (secondary N) is 1. The molecule has 0 aliphatic carbocycles. The van der Waals surface area contributed by atoms with Crippen LogP contribution in [-0.4, -0.2) is 15.0 Å². The summed E-state index contributed by atoms with van der Waals surface area (Å²) in [7, 11) is 0. The number of aromatic amines is 1. The third-order valence-corrected chi connectivity index (χ3v) is 3.66. The van der Waals surface area contributed by atoms with Gasteiger partial charge in [0.05, 0.1) is 5.03 Å². The molecule has 5 heteroatoms. The van der Waals surface area contributed by atoms with Gasteiger partial charge >= 0.3 is 0 Å². The molecule has 3 rings (SSSR count). The van der Waals surface area contributed by atoms with Crippen LogP contribution >= 0.6 is 23.4 Å². The minimum Gasteiger partial charge on any atom is -0.349 e. The smallest absolute Gasteiger partial charge is 0.161 e. The van der Waals surface area contributed by atoms with Gasteiger partial charge in [0.1, 0.15) is 5.03 Å². The fourth-order valence-corrected chi connectivity index (χ4v) is 2.61. The van der Waals surface area contributed by atoms with Gasteiger partial charge in [-0.15, -0.1) is 0 Å². The number of H-pyrrole nitrogens is 1. The van der Waals surface area contributed by atoms with Crippen molar-refractivity contribution in [3.63, 3.8) is 0 Å². The lowest BCUT2D eigenvalue weighted by molar-refractivity contribution is 1.05. The number of rotatable bonds is 2. The van der Waals surface area contributed by atoms with E-state index in [1.807, 2.05) is 18.2 Å². The molecule has 0 aliphatic heterocycles. The average Bonchev–Trinajstić information content (AvgIpc) is 2.74. The highest BCUT2D eigenvalue weighted by Gasteiger charge is 2.07. The van der Waals surface area contributed by atoms with Gasteiger partial charge in [0.25, 0.3) is 0 Å². The monoisotopic (exact) mass is 261 g/mol. The molecule has 1 N–H and O–H groups in total. The van der Waals surface area contributed by atoms with Crippen LogP contribution in [0.1, 0.15) is 0 Å². The molecule has 0 saturated carbocycles. The first-order chi connectivity index (χ1) is 8.33. The minimum atomic E-state index is 0.427.